The number of carboxylic acid groups (broad SMARTS) is 1. The molecule has 0 atom stereocenters. The maximum Gasteiger partial charge on any atom is 0.341 e. The van der Waals surface area contributed by atoms with E-state index in [9.17, 15) is 9.90 Å². The molecule has 0 radical (unpaired) electrons. The maximum absolute atomic E-state index is 11.4. The van der Waals surface area contributed by atoms with Gasteiger partial charge >= 0.3 is 5.97 Å². The van der Waals surface area contributed by atoms with E-state index in [0.717, 1.165) is 5.56 Å². The number of hydrogen-bond acceptors (Lipinski definition) is 3. The first-order valence-corrected chi connectivity index (χ1v) is 6.07. The molecule has 5 heteroatoms. The van der Waals surface area contributed by atoms with Gasteiger partial charge in [0.1, 0.15) is 17.4 Å². The largest absolute Gasteiger partial charge is 0.495 e. The summed E-state index contributed by atoms with van der Waals surface area (Å²) in [6, 6.07) is 12.5. The van der Waals surface area contributed by atoms with E-state index in [0.29, 0.717) is 5.56 Å². The van der Waals surface area contributed by atoms with Crippen LogP contribution in [-0.4, -0.2) is 18.2 Å². The summed E-state index contributed by atoms with van der Waals surface area (Å²) in [7, 11) is 1.37. The SMILES string of the molecule is COc1c(-c2ccccc2)cc(C#N)c(Cl)c1C(=O)O. The predicted molar refractivity (Wildman–Crippen MR) is 75.1 cm³/mol. The summed E-state index contributed by atoms with van der Waals surface area (Å²) in [5.74, 6) is -1.09. The lowest BCUT2D eigenvalue weighted by molar-refractivity contribution is 0.0693. The Morgan fingerprint density at radius 3 is 2.50 bits per heavy atom. The van der Waals surface area contributed by atoms with Crippen LogP contribution in [-0.2, 0) is 0 Å². The molecule has 0 saturated heterocycles. The van der Waals surface area contributed by atoms with Crippen LogP contribution in [0.25, 0.3) is 11.1 Å². The van der Waals surface area contributed by atoms with Gasteiger partial charge in [-0.1, -0.05) is 41.9 Å². The molecule has 20 heavy (non-hydrogen) atoms. The molecule has 0 bridgehead atoms. The third-order valence-corrected chi connectivity index (χ3v) is 3.23. The van der Waals surface area contributed by atoms with Crippen molar-refractivity contribution in [3.05, 3.63) is 52.5 Å². The highest BCUT2D eigenvalue weighted by molar-refractivity contribution is 6.35. The van der Waals surface area contributed by atoms with Gasteiger partial charge in [-0.05, 0) is 11.6 Å². The van der Waals surface area contributed by atoms with Crippen molar-refractivity contribution in [1.82, 2.24) is 0 Å². The molecule has 0 spiro atoms. The van der Waals surface area contributed by atoms with Crippen LogP contribution in [0.3, 0.4) is 0 Å². The van der Waals surface area contributed by atoms with Gasteiger partial charge in [0.2, 0.25) is 0 Å². The Morgan fingerprint density at radius 1 is 1.35 bits per heavy atom. The number of carboxylic acids is 1. The molecule has 0 unspecified atom stereocenters. The monoisotopic (exact) mass is 287 g/mol. The number of hydrogen-bond donors (Lipinski definition) is 1. The van der Waals surface area contributed by atoms with E-state index in [4.69, 9.17) is 21.6 Å². The van der Waals surface area contributed by atoms with Crippen molar-refractivity contribution >= 4 is 17.6 Å². The standard InChI is InChI=1S/C15H10ClNO3/c1-20-14-11(9-5-3-2-4-6-9)7-10(8-17)13(16)12(14)15(18)19/h2-7H,1H3,(H,18,19). The van der Waals surface area contributed by atoms with Crippen LogP contribution < -0.4 is 4.74 Å². The van der Waals surface area contributed by atoms with Crippen molar-refractivity contribution in [3.63, 3.8) is 0 Å². The second kappa shape index (κ2) is 5.64. The maximum atomic E-state index is 11.4. The Morgan fingerprint density at radius 2 is 2.00 bits per heavy atom. The lowest BCUT2D eigenvalue weighted by atomic mass is 9.98. The van der Waals surface area contributed by atoms with Gasteiger partial charge in [-0.25, -0.2) is 4.79 Å². The topological polar surface area (TPSA) is 70.3 Å². The molecular weight excluding hydrogens is 278 g/mol. The molecule has 0 aromatic heterocycles. The average molecular weight is 288 g/mol. The first-order chi connectivity index (χ1) is 9.60. The van der Waals surface area contributed by atoms with Gasteiger partial charge in [0, 0.05) is 5.56 Å². The number of nitriles is 1. The minimum Gasteiger partial charge on any atom is -0.495 e. The summed E-state index contributed by atoms with van der Waals surface area (Å²) in [5.41, 5.74) is 1.17. The highest BCUT2D eigenvalue weighted by Crippen LogP contribution is 2.39. The number of aromatic carboxylic acids is 1. The van der Waals surface area contributed by atoms with E-state index < -0.39 is 5.97 Å². The Bertz CT molecular complexity index is 705. The Hall–Kier alpha value is -2.51. The molecule has 0 fully saturated rings. The summed E-state index contributed by atoms with van der Waals surface area (Å²) in [6.07, 6.45) is 0. The molecule has 0 amide bonds. The summed E-state index contributed by atoms with van der Waals surface area (Å²) >= 11 is 5.96. The van der Waals surface area contributed by atoms with Crippen LogP contribution in [0.2, 0.25) is 5.02 Å². The second-order valence-electron chi connectivity index (χ2n) is 3.98. The average Bonchev–Trinajstić information content (AvgIpc) is 2.47. The summed E-state index contributed by atoms with van der Waals surface area (Å²) in [5, 5.41) is 18.3. The predicted octanol–water partition coefficient (Wildman–Crippen LogP) is 3.59. The molecule has 4 nitrogen and oxygen atoms in total. The number of methoxy groups -OCH3 is 1. The first-order valence-electron chi connectivity index (χ1n) is 5.69. The normalized spacial score (nSPS) is 9.85. The molecule has 0 saturated carbocycles. The number of ether oxygens (including phenoxy) is 1. The number of benzene rings is 2. The number of nitrogens with zero attached hydrogens (tertiary/aromatic N) is 1. The van der Waals surface area contributed by atoms with Gasteiger partial charge in [0.15, 0.2) is 0 Å². The Labute approximate surface area is 120 Å². The summed E-state index contributed by atoms with van der Waals surface area (Å²) in [6.45, 7) is 0. The van der Waals surface area contributed by atoms with Crippen LogP contribution in [0.5, 0.6) is 5.75 Å². The Kier molecular flexibility index (Phi) is 3.92. The smallest absolute Gasteiger partial charge is 0.341 e. The molecule has 2 rings (SSSR count). The summed E-state index contributed by atoms with van der Waals surface area (Å²) < 4.78 is 5.20. The van der Waals surface area contributed by atoms with Crippen molar-refractivity contribution < 1.29 is 14.6 Å². The zero-order valence-electron chi connectivity index (χ0n) is 10.6. The fourth-order valence-electron chi connectivity index (χ4n) is 1.96. The van der Waals surface area contributed by atoms with Crippen molar-refractivity contribution in [1.29, 1.82) is 5.26 Å². The molecule has 0 aliphatic heterocycles. The quantitative estimate of drug-likeness (QED) is 0.936. The Balaban J connectivity index is 2.85. The van der Waals surface area contributed by atoms with E-state index >= 15 is 0 Å². The summed E-state index contributed by atoms with van der Waals surface area (Å²) in [4.78, 5) is 11.4. The lowest BCUT2D eigenvalue weighted by Gasteiger charge is -2.14. The third-order valence-electron chi connectivity index (χ3n) is 2.84. The number of halogens is 1. The number of rotatable bonds is 3. The van der Waals surface area contributed by atoms with Crippen LogP contribution in [0.4, 0.5) is 0 Å². The lowest BCUT2D eigenvalue weighted by Crippen LogP contribution is -2.05. The fourth-order valence-corrected chi connectivity index (χ4v) is 2.22. The zero-order chi connectivity index (χ0) is 14.7. The molecule has 2 aromatic carbocycles. The molecule has 1 N–H and O–H groups in total. The molecule has 0 aliphatic carbocycles. The van der Waals surface area contributed by atoms with Crippen LogP contribution >= 0.6 is 11.6 Å². The van der Waals surface area contributed by atoms with Gasteiger partial charge in [-0.2, -0.15) is 5.26 Å². The molecular formula is C15H10ClNO3. The van der Waals surface area contributed by atoms with Crippen LogP contribution in [0, 0.1) is 11.3 Å². The fraction of sp³-hybridized carbons (Fsp3) is 0.0667. The van der Waals surface area contributed by atoms with Crippen LogP contribution in [0.15, 0.2) is 36.4 Å². The van der Waals surface area contributed by atoms with Gasteiger partial charge in [-0.3, -0.25) is 0 Å². The molecule has 0 aliphatic rings. The highest BCUT2D eigenvalue weighted by Gasteiger charge is 2.23. The van der Waals surface area contributed by atoms with Crippen LogP contribution in [0.1, 0.15) is 15.9 Å². The first kappa shape index (κ1) is 13.9. The second-order valence-corrected chi connectivity index (χ2v) is 4.35. The minimum absolute atomic E-state index is 0.101. The van der Waals surface area contributed by atoms with E-state index in [1.165, 1.54) is 13.2 Å². The van der Waals surface area contributed by atoms with Gasteiger partial charge < -0.3 is 9.84 Å². The van der Waals surface area contributed by atoms with Crippen molar-refractivity contribution in [2.75, 3.05) is 7.11 Å². The highest BCUT2D eigenvalue weighted by atomic mass is 35.5. The minimum atomic E-state index is -1.24. The van der Waals surface area contributed by atoms with Gasteiger partial charge in [0.25, 0.3) is 0 Å². The van der Waals surface area contributed by atoms with E-state index in [2.05, 4.69) is 0 Å². The third kappa shape index (κ3) is 2.31. The molecule has 0 heterocycles. The molecule has 2 aromatic rings. The van der Waals surface area contributed by atoms with Crippen molar-refractivity contribution in [2.45, 2.75) is 0 Å². The van der Waals surface area contributed by atoms with Crippen molar-refractivity contribution in [2.24, 2.45) is 0 Å². The zero-order valence-corrected chi connectivity index (χ0v) is 11.3. The van der Waals surface area contributed by atoms with E-state index in [1.807, 2.05) is 24.3 Å². The van der Waals surface area contributed by atoms with E-state index in [1.54, 1.807) is 12.1 Å². The number of carbonyl (C=O) groups is 1. The molecule has 100 valence electrons. The van der Waals surface area contributed by atoms with Gasteiger partial charge in [0.05, 0.1) is 17.7 Å². The van der Waals surface area contributed by atoms with Gasteiger partial charge in [-0.15, -0.1) is 0 Å². The van der Waals surface area contributed by atoms with Crippen molar-refractivity contribution in [3.8, 4) is 22.9 Å². The van der Waals surface area contributed by atoms with E-state index in [-0.39, 0.29) is 21.9 Å².